The number of aryl methyl sites for hydroxylation is 1. The van der Waals surface area contributed by atoms with E-state index in [0.29, 0.717) is 6.54 Å². The Bertz CT molecular complexity index is 952. The van der Waals surface area contributed by atoms with Crippen LogP contribution in [0.5, 0.6) is 5.75 Å². The van der Waals surface area contributed by atoms with Crippen LogP contribution in [-0.2, 0) is 0 Å². The molecule has 4 rings (SSSR count). The van der Waals surface area contributed by atoms with Gasteiger partial charge in [0.1, 0.15) is 11.9 Å². The van der Waals surface area contributed by atoms with Gasteiger partial charge in [0.25, 0.3) is 0 Å². The van der Waals surface area contributed by atoms with Crippen LogP contribution in [0.15, 0.2) is 66.9 Å². The molecule has 1 unspecified atom stereocenters. The summed E-state index contributed by atoms with van der Waals surface area (Å²) in [5, 5.41) is 4.26. The Hall–Kier alpha value is -3.08. The maximum atomic E-state index is 12.7. The summed E-state index contributed by atoms with van der Waals surface area (Å²) in [5.41, 5.74) is 3.19. The smallest absolute Gasteiger partial charge is 0.344 e. The second kappa shape index (κ2) is 8.95. The lowest BCUT2D eigenvalue weighted by Gasteiger charge is -2.28. The van der Waals surface area contributed by atoms with Gasteiger partial charge < -0.3 is 9.64 Å². The molecule has 2 aromatic carbocycles. The number of nitrogens with zero attached hydrogens (tertiary/aromatic N) is 3. The predicted octanol–water partition coefficient (Wildman–Crippen LogP) is 5.15. The summed E-state index contributed by atoms with van der Waals surface area (Å²) in [6, 6.07) is 20.4. The lowest BCUT2D eigenvalue weighted by atomic mass is 10.0. The van der Waals surface area contributed by atoms with Crippen LogP contribution < -0.4 is 4.74 Å². The summed E-state index contributed by atoms with van der Waals surface area (Å²) in [4.78, 5) is 14.6. The van der Waals surface area contributed by atoms with Crippen LogP contribution in [0.3, 0.4) is 0 Å². The molecule has 0 N–H and O–H groups in total. The normalized spacial score (nSPS) is 17.4. The van der Waals surface area contributed by atoms with Crippen molar-refractivity contribution in [2.45, 2.75) is 38.7 Å². The van der Waals surface area contributed by atoms with E-state index in [4.69, 9.17) is 4.74 Å². The summed E-state index contributed by atoms with van der Waals surface area (Å²) in [6.45, 7) is 3.35. The molecule has 1 saturated heterocycles. The summed E-state index contributed by atoms with van der Waals surface area (Å²) in [7, 11) is 0. The Morgan fingerprint density at radius 2 is 1.79 bits per heavy atom. The van der Waals surface area contributed by atoms with Gasteiger partial charge >= 0.3 is 6.03 Å². The van der Waals surface area contributed by atoms with Crippen molar-refractivity contribution in [2.75, 3.05) is 13.1 Å². The minimum atomic E-state index is -0.0511. The topological polar surface area (TPSA) is 47.4 Å². The standard InChI is InChI=1S/C24H27N3O2/c1-19-13-17-27(25-19)24(28)26-15-6-5-11-22(14-16-26)29-23-12-7-10-21(18-23)20-8-3-2-4-9-20/h2-4,7-10,12-13,17-18,22H,5-6,11,14-16H2,1H3. The Morgan fingerprint density at radius 1 is 0.966 bits per heavy atom. The van der Waals surface area contributed by atoms with Gasteiger partial charge in [-0.3, -0.25) is 0 Å². The van der Waals surface area contributed by atoms with E-state index in [1.807, 2.05) is 48.2 Å². The third kappa shape index (κ3) is 4.86. The molecule has 1 aliphatic rings. The van der Waals surface area contributed by atoms with Gasteiger partial charge in [-0.2, -0.15) is 9.78 Å². The van der Waals surface area contributed by atoms with Crippen LogP contribution in [0.2, 0.25) is 0 Å². The first-order chi connectivity index (χ1) is 14.2. The van der Waals surface area contributed by atoms with E-state index in [-0.39, 0.29) is 12.1 Å². The van der Waals surface area contributed by atoms with Crippen LogP contribution >= 0.6 is 0 Å². The predicted molar refractivity (Wildman–Crippen MR) is 114 cm³/mol. The summed E-state index contributed by atoms with van der Waals surface area (Å²) >= 11 is 0. The second-order valence-electron chi connectivity index (χ2n) is 7.59. The number of carbonyl (C=O) groups is 1. The number of hydrogen-bond acceptors (Lipinski definition) is 3. The molecule has 2 heterocycles. The number of hydrogen-bond donors (Lipinski definition) is 0. The highest BCUT2D eigenvalue weighted by Crippen LogP contribution is 2.26. The second-order valence-corrected chi connectivity index (χ2v) is 7.59. The van der Waals surface area contributed by atoms with Gasteiger partial charge in [-0.25, -0.2) is 4.79 Å². The highest BCUT2D eigenvalue weighted by molar-refractivity contribution is 5.75. The molecule has 150 valence electrons. The molecular formula is C24H27N3O2. The highest BCUT2D eigenvalue weighted by atomic mass is 16.5. The Morgan fingerprint density at radius 3 is 2.59 bits per heavy atom. The van der Waals surface area contributed by atoms with Crippen molar-refractivity contribution in [1.29, 1.82) is 0 Å². The maximum Gasteiger partial charge on any atom is 0.344 e. The lowest BCUT2D eigenvalue weighted by molar-refractivity contribution is 0.137. The number of benzene rings is 2. The average Bonchev–Trinajstić information content (AvgIpc) is 3.17. The van der Waals surface area contributed by atoms with Crippen LogP contribution in [0.4, 0.5) is 4.79 Å². The number of likely N-dealkylation sites (tertiary alicyclic amines) is 1. The van der Waals surface area contributed by atoms with E-state index < -0.39 is 0 Å². The highest BCUT2D eigenvalue weighted by Gasteiger charge is 2.21. The third-order valence-electron chi connectivity index (χ3n) is 5.36. The SMILES string of the molecule is Cc1ccn(C(=O)N2CCCCC(Oc3cccc(-c4ccccc4)c3)CC2)n1. The van der Waals surface area contributed by atoms with Crippen molar-refractivity contribution in [2.24, 2.45) is 0 Å². The van der Waals surface area contributed by atoms with Crippen molar-refractivity contribution >= 4 is 6.03 Å². The molecule has 3 aromatic rings. The van der Waals surface area contributed by atoms with Gasteiger partial charge in [0.15, 0.2) is 0 Å². The van der Waals surface area contributed by atoms with Gasteiger partial charge in [0.2, 0.25) is 0 Å². The molecule has 1 aliphatic heterocycles. The van der Waals surface area contributed by atoms with Gasteiger partial charge in [0.05, 0.1) is 5.69 Å². The summed E-state index contributed by atoms with van der Waals surface area (Å²) in [5.74, 6) is 0.887. The van der Waals surface area contributed by atoms with Crippen molar-refractivity contribution < 1.29 is 9.53 Å². The largest absolute Gasteiger partial charge is 0.490 e. The van der Waals surface area contributed by atoms with E-state index in [1.165, 1.54) is 10.2 Å². The minimum Gasteiger partial charge on any atom is -0.490 e. The number of carbonyl (C=O) groups excluding carboxylic acids is 1. The molecular weight excluding hydrogens is 362 g/mol. The summed E-state index contributed by atoms with van der Waals surface area (Å²) < 4.78 is 7.77. The van der Waals surface area contributed by atoms with Crippen LogP contribution in [-0.4, -0.2) is 39.9 Å². The Kier molecular flexibility index (Phi) is 5.94. The van der Waals surface area contributed by atoms with Crippen LogP contribution in [0.1, 0.15) is 31.4 Å². The first-order valence-electron chi connectivity index (χ1n) is 10.3. The van der Waals surface area contributed by atoms with Crippen LogP contribution in [0.25, 0.3) is 11.1 Å². The molecule has 1 aromatic heterocycles. The average molecular weight is 389 g/mol. The minimum absolute atomic E-state index is 0.0511. The zero-order valence-electron chi connectivity index (χ0n) is 16.8. The molecule has 5 nitrogen and oxygen atoms in total. The fourth-order valence-corrected chi connectivity index (χ4v) is 3.78. The van der Waals surface area contributed by atoms with E-state index >= 15 is 0 Å². The molecule has 0 bridgehead atoms. The van der Waals surface area contributed by atoms with Gasteiger partial charge in [0, 0.05) is 25.7 Å². The van der Waals surface area contributed by atoms with E-state index in [9.17, 15) is 4.79 Å². The van der Waals surface area contributed by atoms with Gasteiger partial charge in [-0.1, -0.05) is 42.5 Å². The number of ether oxygens (including phenoxy) is 1. The Labute approximate surface area is 171 Å². The molecule has 0 spiro atoms. The molecule has 1 atom stereocenters. The quantitative estimate of drug-likeness (QED) is 0.622. The van der Waals surface area contributed by atoms with E-state index in [0.717, 1.165) is 49.2 Å². The first kappa shape index (κ1) is 19.2. The number of rotatable bonds is 3. The molecule has 0 saturated carbocycles. The molecule has 1 amide bonds. The van der Waals surface area contributed by atoms with Crippen molar-refractivity contribution in [3.05, 3.63) is 72.6 Å². The fraction of sp³-hybridized carbons (Fsp3) is 0.333. The fourth-order valence-electron chi connectivity index (χ4n) is 3.78. The van der Waals surface area contributed by atoms with E-state index in [1.54, 1.807) is 6.20 Å². The molecule has 0 radical (unpaired) electrons. The molecule has 29 heavy (non-hydrogen) atoms. The van der Waals surface area contributed by atoms with Crippen LogP contribution in [0, 0.1) is 6.92 Å². The molecule has 5 heteroatoms. The first-order valence-corrected chi connectivity index (χ1v) is 10.3. The maximum absolute atomic E-state index is 12.7. The van der Waals surface area contributed by atoms with Crippen molar-refractivity contribution in [3.63, 3.8) is 0 Å². The van der Waals surface area contributed by atoms with Crippen molar-refractivity contribution in [3.8, 4) is 16.9 Å². The van der Waals surface area contributed by atoms with Gasteiger partial charge in [-0.15, -0.1) is 0 Å². The zero-order chi connectivity index (χ0) is 20.1. The molecule has 1 fully saturated rings. The summed E-state index contributed by atoms with van der Waals surface area (Å²) in [6.07, 6.45) is 5.70. The lowest BCUT2D eigenvalue weighted by Crippen LogP contribution is -2.39. The monoisotopic (exact) mass is 389 g/mol. The zero-order valence-corrected chi connectivity index (χ0v) is 16.8. The number of amides is 1. The van der Waals surface area contributed by atoms with Crippen molar-refractivity contribution in [1.82, 2.24) is 14.7 Å². The van der Waals surface area contributed by atoms with E-state index in [2.05, 4.69) is 29.4 Å². The Balaban J connectivity index is 1.41. The molecule has 0 aliphatic carbocycles. The number of aromatic nitrogens is 2. The third-order valence-corrected chi connectivity index (χ3v) is 5.36. The van der Waals surface area contributed by atoms with Gasteiger partial charge in [-0.05, 0) is 55.5 Å².